The molecule has 16 heavy (non-hydrogen) atoms. The molecule has 0 saturated heterocycles. The fourth-order valence-corrected chi connectivity index (χ4v) is 1.19. The van der Waals surface area contributed by atoms with E-state index in [0.717, 1.165) is 5.69 Å². The normalized spacial score (nSPS) is 10.6. The van der Waals surface area contributed by atoms with Crippen molar-refractivity contribution in [2.24, 2.45) is 5.41 Å². The van der Waals surface area contributed by atoms with Crippen LogP contribution in [0.1, 0.15) is 31.1 Å². The molecule has 0 unspecified atom stereocenters. The summed E-state index contributed by atoms with van der Waals surface area (Å²) in [7, 11) is 0. The van der Waals surface area contributed by atoms with Crippen LogP contribution in [0, 0.1) is 16.7 Å². The number of ketones is 1. The number of nitrogens with one attached hydrogen (secondary N) is 1. The highest BCUT2D eigenvalue weighted by Crippen LogP contribution is 2.16. The maximum atomic E-state index is 11.1. The van der Waals surface area contributed by atoms with Gasteiger partial charge in [-0.1, -0.05) is 0 Å². The lowest BCUT2D eigenvalue weighted by atomic mass is 9.96. The third-order valence-electron chi connectivity index (χ3n) is 2.33. The van der Waals surface area contributed by atoms with Crippen LogP contribution in [0.2, 0.25) is 0 Å². The highest BCUT2D eigenvalue weighted by molar-refractivity contribution is 5.94. The minimum absolute atomic E-state index is 0.0592. The van der Waals surface area contributed by atoms with Crippen molar-refractivity contribution in [1.29, 1.82) is 5.26 Å². The summed E-state index contributed by atoms with van der Waals surface area (Å²) in [6.07, 6.45) is 0. The molecule has 1 aromatic carbocycles. The first kappa shape index (κ1) is 12.3. The summed E-state index contributed by atoms with van der Waals surface area (Å²) in [5.74, 6) is 0.0592. The molecule has 3 nitrogen and oxygen atoms in total. The molecule has 0 heterocycles. The van der Waals surface area contributed by atoms with Gasteiger partial charge in [0.1, 0.15) is 0 Å². The summed E-state index contributed by atoms with van der Waals surface area (Å²) in [6.45, 7) is 5.89. The van der Waals surface area contributed by atoms with Crippen LogP contribution in [0.4, 0.5) is 5.69 Å². The average molecular weight is 216 g/mol. The largest absolute Gasteiger partial charge is 0.383 e. The van der Waals surface area contributed by atoms with Gasteiger partial charge in [0.15, 0.2) is 5.78 Å². The molecule has 0 radical (unpaired) electrons. The Kier molecular flexibility index (Phi) is 3.68. The number of Topliss-reactive ketones (excluding diaryl/α,β-unsaturated/α-hetero) is 1. The van der Waals surface area contributed by atoms with Gasteiger partial charge in [0, 0.05) is 17.8 Å². The molecule has 1 N–H and O–H groups in total. The number of carbonyl (C=O) groups is 1. The molecule has 0 atom stereocenters. The van der Waals surface area contributed by atoms with Gasteiger partial charge < -0.3 is 5.32 Å². The Balaban J connectivity index is 2.64. The number of carbonyl (C=O) groups excluding carboxylic acids is 1. The van der Waals surface area contributed by atoms with Crippen molar-refractivity contribution in [1.82, 2.24) is 0 Å². The molecule has 0 aliphatic carbocycles. The van der Waals surface area contributed by atoms with E-state index < -0.39 is 0 Å². The van der Waals surface area contributed by atoms with Gasteiger partial charge >= 0.3 is 0 Å². The summed E-state index contributed by atoms with van der Waals surface area (Å²) < 4.78 is 0. The van der Waals surface area contributed by atoms with Crippen molar-refractivity contribution in [3.8, 4) is 6.07 Å². The maximum absolute atomic E-state index is 11.1. The second-order valence-electron chi connectivity index (χ2n) is 4.48. The Morgan fingerprint density at radius 3 is 2.38 bits per heavy atom. The van der Waals surface area contributed by atoms with Crippen molar-refractivity contribution in [2.45, 2.75) is 20.8 Å². The van der Waals surface area contributed by atoms with Crippen LogP contribution in [-0.2, 0) is 0 Å². The minimum atomic E-state index is -0.390. The molecule has 0 saturated carbocycles. The summed E-state index contributed by atoms with van der Waals surface area (Å²) >= 11 is 0. The van der Waals surface area contributed by atoms with E-state index in [1.165, 1.54) is 0 Å². The van der Waals surface area contributed by atoms with Crippen molar-refractivity contribution in [2.75, 3.05) is 11.9 Å². The number of hydrogen-bond donors (Lipinski definition) is 1. The third-order valence-corrected chi connectivity index (χ3v) is 2.33. The van der Waals surface area contributed by atoms with Gasteiger partial charge in [-0.3, -0.25) is 4.79 Å². The van der Waals surface area contributed by atoms with E-state index in [1.54, 1.807) is 19.1 Å². The molecule has 0 aliphatic rings. The van der Waals surface area contributed by atoms with E-state index in [4.69, 9.17) is 5.26 Å². The summed E-state index contributed by atoms with van der Waals surface area (Å²) in [4.78, 5) is 11.1. The Hall–Kier alpha value is -1.82. The summed E-state index contributed by atoms with van der Waals surface area (Å²) in [6, 6.07) is 9.49. The monoisotopic (exact) mass is 216 g/mol. The van der Waals surface area contributed by atoms with E-state index in [-0.39, 0.29) is 11.2 Å². The standard InChI is InChI=1S/C13H16N2O/c1-10(16)11-4-6-12(7-5-11)15-9-13(2,3)8-14/h4-7,15H,9H2,1-3H3. The molecule has 3 heteroatoms. The van der Waals surface area contributed by atoms with E-state index in [9.17, 15) is 4.79 Å². The van der Waals surface area contributed by atoms with Crippen molar-refractivity contribution in [3.63, 3.8) is 0 Å². The second-order valence-corrected chi connectivity index (χ2v) is 4.48. The molecule has 0 aromatic heterocycles. The molecule has 0 bridgehead atoms. The number of anilines is 1. The molecular weight excluding hydrogens is 200 g/mol. The Morgan fingerprint density at radius 1 is 1.38 bits per heavy atom. The first-order valence-corrected chi connectivity index (χ1v) is 5.21. The lowest BCUT2D eigenvalue weighted by molar-refractivity contribution is 0.101. The van der Waals surface area contributed by atoms with Crippen LogP contribution in [-0.4, -0.2) is 12.3 Å². The Morgan fingerprint density at radius 2 is 1.94 bits per heavy atom. The van der Waals surface area contributed by atoms with E-state index in [1.807, 2.05) is 26.0 Å². The maximum Gasteiger partial charge on any atom is 0.159 e. The topological polar surface area (TPSA) is 52.9 Å². The van der Waals surface area contributed by atoms with E-state index in [2.05, 4.69) is 11.4 Å². The van der Waals surface area contributed by atoms with Crippen LogP contribution in [0.25, 0.3) is 0 Å². The SMILES string of the molecule is CC(=O)c1ccc(NCC(C)(C)C#N)cc1. The molecule has 84 valence electrons. The fraction of sp³-hybridized carbons (Fsp3) is 0.385. The number of nitrogens with zero attached hydrogens (tertiary/aromatic N) is 1. The first-order chi connectivity index (χ1) is 7.44. The Bertz CT molecular complexity index is 413. The molecule has 0 fully saturated rings. The average Bonchev–Trinajstić information content (AvgIpc) is 2.27. The molecule has 0 spiro atoms. The quantitative estimate of drug-likeness (QED) is 0.787. The number of hydrogen-bond acceptors (Lipinski definition) is 3. The highest BCUT2D eigenvalue weighted by atomic mass is 16.1. The van der Waals surface area contributed by atoms with Crippen molar-refractivity contribution in [3.05, 3.63) is 29.8 Å². The van der Waals surface area contributed by atoms with Crippen LogP contribution in [0.15, 0.2) is 24.3 Å². The van der Waals surface area contributed by atoms with Crippen LogP contribution < -0.4 is 5.32 Å². The predicted octanol–water partition coefficient (Wildman–Crippen LogP) is 2.85. The van der Waals surface area contributed by atoms with Gasteiger partial charge in [-0.15, -0.1) is 0 Å². The zero-order valence-corrected chi connectivity index (χ0v) is 9.87. The van der Waals surface area contributed by atoms with E-state index >= 15 is 0 Å². The predicted molar refractivity (Wildman–Crippen MR) is 64.3 cm³/mol. The first-order valence-electron chi connectivity index (χ1n) is 5.21. The lowest BCUT2D eigenvalue weighted by Gasteiger charge is -2.16. The van der Waals surface area contributed by atoms with Gasteiger partial charge in [0.05, 0.1) is 11.5 Å². The summed E-state index contributed by atoms with van der Waals surface area (Å²) in [5, 5.41) is 12.0. The smallest absolute Gasteiger partial charge is 0.159 e. The third kappa shape index (κ3) is 3.39. The molecule has 0 aliphatic heterocycles. The lowest BCUT2D eigenvalue weighted by Crippen LogP contribution is -2.20. The van der Waals surface area contributed by atoms with Crippen LogP contribution in [0.3, 0.4) is 0 Å². The van der Waals surface area contributed by atoms with Crippen LogP contribution in [0.5, 0.6) is 0 Å². The van der Waals surface area contributed by atoms with Gasteiger partial charge in [-0.05, 0) is 45.0 Å². The highest BCUT2D eigenvalue weighted by Gasteiger charge is 2.15. The molecule has 0 amide bonds. The number of benzene rings is 1. The molecule has 1 aromatic rings. The molecular formula is C13H16N2O. The van der Waals surface area contributed by atoms with Gasteiger partial charge in [0.2, 0.25) is 0 Å². The molecule has 1 rings (SSSR count). The van der Waals surface area contributed by atoms with Gasteiger partial charge in [-0.25, -0.2) is 0 Å². The van der Waals surface area contributed by atoms with Crippen molar-refractivity contribution < 1.29 is 4.79 Å². The van der Waals surface area contributed by atoms with Gasteiger partial charge in [0.25, 0.3) is 0 Å². The number of nitriles is 1. The van der Waals surface area contributed by atoms with Gasteiger partial charge in [-0.2, -0.15) is 5.26 Å². The number of rotatable bonds is 4. The zero-order chi connectivity index (χ0) is 12.2. The fourth-order valence-electron chi connectivity index (χ4n) is 1.19. The van der Waals surface area contributed by atoms with E-state index in [0.29, 0.717) is 12.1 Å². The Labute approximate surface area is 96.1 Å². The zero-order valence-electron chi connectivity index (χ0n) is 9.87. The van der Waals surface area contributed by atoms with Crippen molar-refractivity contribution >= 4 is 11.5 Å². The van der Waals surface area contributed by atoms with Crippen LogP contribution >= 0.6 is 0 Å². The summed E-state index contributed by atoms with van der Waals surface area (Å²) in [5.41, 5.74) is 1.23. The minimum Gasteiger partial charge on any atom is -0.383 e. The second kappa shape index (κ2) is 4.80.